The number of nitrogens with zero attached hydrogens (tertiary/aromatic N) is 1. The minimum atomic E-state index is -0.529. The molecule has 5 nitrogen and oxygen atoms in total. The van der Waals surface area contributed by atoms with E-state index in [1.165, 1.54) is 18.2 Å². The third-order valence-electron chi connectivity index (χ3n) is 3.20. The van der Waals surface area contributed by atoms with Gasteiger partial charge in [0.1, 0.15) is 0 Å². The van der Waals surface area contributed by atoms with Gasteiger partial charge in [-0.2, -0.15) is 0 Å². The van der Waals surface area contributed by atoms with Crippen LogP contribution in [0.4, 0.5) is 11.4 Å². The summed E-state index contributed by atoms with van der Waals surface area (Å²) in [6.07, 6.45) is 0.876. The van der Waals surface area contributed by atoms with Gasteiger partial charge in [-0.1, -0.05) is 41.4 Å². The Hall–Kier alpha value is -2.40. The Kier molecular flexibility index (Phi) is 5.12. The molecule has 0 aliphatic heterocycles. The predicted molar refractivity (Wildman–Crippen MR) is 86.2 cm³/mol. The summed E-state index contributed by atoms with van der Waals surface area (Å²) in [5.74, 6) is -0.233. The van der Waals surface area contributed by atoms with Crippen molar-refractivity contribution in [2.24, 2.45) is 0 Å². The highest BCUT2D eigenvalue weighted by atomic mass is 35.5. The van der Waals surface area contributed by atoms with Crippen molar-refractivity contribution in [2.75, 3.05) is 5.32 Å². The Labute approximate surface area is 133 Å². The first kappa shape index (κ1) is 16.0. The fourth-order valence-corrected chi connectivity index (χ4v) is 2.11. The van der Waals surface area contributed by atoms with Gasteiger partial charge in [-0.3, -0.25) is 14.9 Å². The topological polar surface area (TPSA) is 72.2 Å². The van der Waals surface area contributed by atoms with E-state index in [1.807, 2.05) is 31.2 Å². The van der Waals surface area contributed by atoms with Crippen LogP contribution in [0.25, 0.3) is 0 Å². The number of nitrogens with one attached hydrogen (secondary N) is 1. The molecule has 0 aliphatic carbocycles. The quantitative estimate of drug-likeness (QED) is 0.665. The van der Waals surface area contributed by atoms with Crippen molar-refractivity contribution in [1.82, 2.24) is 0 Å². The molecule has 0 aromatic heterocycles. The molecule has 0 aliphatic rings. The average Bonchev–Trinajstić information content (AvgIpc) is 2.48. The lowest BCUT2D eigenvalue weighted by Crippen LogP contribution is -2.12. The van der Waals surface area contributed by atoms with Crippen LogP contribution in [0.5, 0.6) is 0 Å². The molecule has 2 aromatic carbocycles. The van der Waals surface area contributed by atoms with E-state index in [1.54, 1.807) is 0 Å². The summed E-state index contributed by atoms with van der Waals surface area (Å²) in [6.45, 7) is 2.00. The van der Waals surface area contributed by atoms with Gasteiger partial charge in [0.05, 0.1) is 15.6 Å². The molecule has 2 rings (SSSR count). The van der Waals surface area contributed by atoms with Gasteiger partial charge in [-0.15, -0.1) is 0 Å². The SMILES string of the molecule is Cc1ccc(CCC(=O)Nc2cc([N+](=O)[O-])ccc2Cl)cc1. The van der Waals surface area contributed by atoms with Gasteiger partial charge in [0.25, 0.3) is 5.69 Å². The number of anilines is 1. The van der Waals surface area contributed by atoms with E-state index in [4.69, 9.17) is 11.6 Å². The number of nitro benzene ring substituents is 1. The van der Waals surface area contributed by atoms with Crippen molar-refractivity contribution < 1.29 is 9.72 Å². The Morgan fingerprint density at radius 3 is 2.55 bits per heavy atom. The van der Waals surface area contributed by atoms with Crippen LogP contribution in [0.15, 0.2) is 42.5 Å². The largest absolute Gasteiger partial charge is 0.325 e. The van der Waals surface area contributed by atoms with Crippen molar-refractivity contribution in [1.29, 1.82) is 0 Å². The fraction of sp³-hybridized carbons (Fsp3) is 0.188. The number of aryl methyl sites for hydroxylation is 2. The summed E-state index contributed by atoms with van der Waals surface area (Å²) in [5, 5.41) is 13.6. The molecule has 114 valence electrons. The molecule has 0 bridgehead atoms. The molecule has 0 unspecified atom stereocenters. The summed E-state index contributed by atoms with van der Waals surface area (Å²) in [5.41, 5.74) is 2.37. The van der Waals surface area contributed by atoms with Crippen LogP contribution in [0.1, 0.15) is 17.5 Å². The van der Waals surface area contributed by atoms with Crippen molar-refractivity contribution in [3.05, 3.63) is 68.7 Å². The van der Waals surface area contributed by atoms with Crippen LogP contribution in [-0.2, 0) is 11.2 Å². The highest BCUT2D eigenvalue weighted by molar-refractivity contribution is 6.33. The number of carbonyl (C=O) groups excluding carboxylic acids is 1. The second-order valence-electron chi connectivity index (χ2n) is 4.96. The molecule has 0 heterocycles. The van der Waals surface area contributed by atoms with E-state index in [-0.39, 0.29) is 28.7 Å². The molecule has 2 aromatic rings. The minimum Gasteiger partial charge on any atom is -0.325 e. The monoisotopic (exact) mass is 318 g/mol. The number of benzene rings is 2. The maximum absolute atomic E-state index is 11.9. The lowest BCUT2D eigenvalue weighted by atomic mass is 10.1. The van der Waals surface area contributed by atoms with Gasteiger partial charge in [-0.25, -0.2) is 0 Å². The maximum atomic E-state index is 11.9. The lowest BCUT2D eigenvalue weighted by Gasteiger charge is -2.07. The molecular formula is C16H15ClN2O3. The lowest BCUT2D eigenvalue weighted by molar-refractivity contribution is -0.384. The van der Waals surface area contributed by atoms with Crippen LogP contribution in [0.3, 0.4) is 0 Å². The third kappa shape index (κ3) is 4.30. The van der Waals surface area contributed by atoms with Crippen LogP contribution < -0.4 is 5.32 Å². The Balaban J connectivity index is 1.98. The van der Waals surface area contributed by atoms with Gasteiger partial charge < -0.3 is 5.32 Å². The first-order valence-electron chi connectivity index (χ1n) is 6.75. The van der Waals surface area contributed by atoms with Gasteiger partial charge >= 0.3 is 0 Å². The van der Waals surface area contributed by atoms with Gasteiger partial charge in [0, 0.05) is 18.6 Å². The number of halogens is 1. The summed E-state index contributed by atoms with van der Waals surface area (Å²) in [6, 6.07) is 11.9. The Morgan fingerprint density at radius 1 is 1.23 bits per heavy atom. The third-order valence-corrected chi connectivity index (χ3v) is 3.53. The molecule has 0 spiro atoms. The predicted octanol–water partition coefficient (Wildman–Crippen LogP) is 4.13. The summed E-state index contributed by atoms with van der Waals surface area (Å²) >= 11 is 5.94. The smallest absolute Gasteiger partial charge is 0.271 e. The zero-order valence-electron chi connectivity index (χ0n) is 12.0. The number of amides is 1. The first-order valence-corrected chi connectivity index (χ1v) is 7.13. The van der Waals surface area contributed by atoms with Crippen LogP contribution in [0.2, 0.25) is 5.02 Å². The summed E-state index contributed by atoms with van der Waals surface area (Å²) in [7, 11) is 0. The van der Waals surface area contributed by atoms with Crippen LogP contribution in [0, 0.1) is 17.0 Å². The number of rotatable bonds is 5. The van der Waals surface area contributed by atoms with Gasteiger partial charge in [-0.05, 0) is 25.0 Å². The molecule has 22 heavy (non-hydrogen) atoms. The van der Waals surface area contributed by atoms with E-state index in [0.29, 0.717) is 6.42 Å². The Morgan fingerprint density at radius 2 is 1.91 bits per heavy atom. The van der Waals surface area contributed by atoms with E-state index in [0.717, 1.165) is 11.1 Å². The van der Waals surface area contributed by atoms with E-state index >= 15 is 0 Å². The molecular weight excluding hydrogens is 304 g/mol. The number of non-ortho nitro benzene ring substituents is 1. The van der Waals surface area contributed by atoms with Gasteiger partial charge in [0.15, 0.2) is 0 Å². The minimum absolute atomic E-state index is 0.113. The molecule has 0 atom stereocenters. The number of hydrogen-bond acceptors (Lipinski definition) is 3. The molecule has 1 N–H and O–H groups in total. The maximum Gasteiger partial charge on any atom is 0.271 e. The fourth-order valence-electron chi connectivity index (χ4n) is 1.95. The average molecular weight is 319 g/mol. The standard InChI is InChI=1S/C16H15ClN2O3/c1-11-2-4-12(5-3-11)6-9-16(20)18-15-10-13(19(21)22)7-8-14(15)17/h2-5,7-8,10H,6,9H2,1H3,(H,18,20). The summed E-state index contributed by atoms with van der Waals surface area (Å²) in [4.78, 5) is 22.2. The number of nitro groups is 1. The zero-order valence-corrected chi connectivity index (χ0v) is 12.8. The van der Waals surface area contributed by atoms with E-state index in [9.17, 15) is 14.9 Å². The molecule has 0 saturated heterocycles. The normalized spacial score (nSPS) is 10.3. The van der Waals surface area contributed by atoms with Crippen molar-refractivity contribution in [3.63, 3.8) is 0 Å². The molecule has 0 saturated carbocycles. The highest BCUT2D eigenvalue weighted by Gasteiger charge is 2.12. The van der Waals surface area contributed by atoms with Crippen LogP contribution >= 0.6 is 11.6 Å². The first-order chi connectivity index (χ1) is 10.5. The second kappa shape index (κ2) is 7.04. The number of hydrogen-bond donors (Lipinski definition) is 1. The Bertz CT molecular complexity index is 699. The second-order valence-corrected chi connectivity index (χ2v) is 5.36. The van der Waals surface area contributed by atoms with Crippen molar-refractivity contribution in [3.8, 4) is 0 Å². The van der Waals surface area contributed by atoms with E-state index < -0.39 is 4.92 Å². The molecule has 1 amide bonds. The van der Waals surface area contributed by atoms with Crippen molar-refractivity contribution >= 4 is 28.9 Å². The summed E-state index contributed by atoms with van der Waals surface area (Å²) < 4.78 is 0. The van der Waals surface area contributed by atoms with Gasteiger partial charge in [0.2, 0.25) is 5.91 Å². The highest BCUT2D eigenvalue weighted by Crippen LogP contribution is 2.26. The zero-order chi connectivity index (χ0) is 16.1. The number of carbonyl (C=O) groups is 1. The van der Waals surface area contributed by atoms with Crippen LogP contribution in [-0.4, -0.2) is 10.8 Å². The molecule has 0 fully saturated rings. The van der Waals surface area contributed by atoms with E-state index in [2.05, 4.69) is 5.32 Å². The van der Waals surface area contributed by atoms with Crippen molar-refractivity contribution in [2.45, 2.75) is 19.8 Å². The molecule has 6 heteroatoms. The molecule has 0 radical (unpaired) electrons.